The summed E-state index contributed by atoms with van der Waals surface area (Å²) in [5.74, 6) is 0.520. The van der Waals surface area contributed by atoms with Crippen molar-refractivity contribution in [2.45, 2.75) is 20.8 Å². The predicted octanol–water partition coefficient (Wildman–Crippen LogP) is 3.35. The number of nitrogens with zero attached hydrogens (tertiary/aromatic N) is 1. The number of benzene rings is 1. The second-order valence-electron chi connectivity index (χ2n) is 3.36. The monoisotopic (exact) mass is 161 g/mol. The second kappa shape index (κ2) is 4.05. The Kier molecular flexibility index (Phi) is 3.03. The molecule has 1 aromatic rings. The Bertz CT molecular complexity index is 257. The van der Waals surface area contributed by atoms with E-state index in [9.17, 15) is 0 Å². The Hall–Kier alpha value is -1.11. The van der Waals surface area contributed by atoms with Crippen molar-refractivity contribution < 1.29 is 0 Å². The lowest BCUT2D eigenvalue weighted by Crippen LogP contribution is -1.85. The SMILES string of the molecule is Cc1ccc(N=CC(C)C)cc1. The minimum Gasteiger partial charge on any atom is -0.261 e. The minimum absolute atomic E-state index is 0.520. The highest BCUT2D eigenvalue weighted by Crippen LogP contribution is 2.11. The lowest BCUT2D eigenvalue weighted by molar-refractivity contribution is 0.907. The molecular weight excluding hydrogens is 146 g/mol. The molecule has 0 aromatic heterocycles. The first kappa shape index (κ1) is 8.98. The van der Waals surface area contributed by atoms with Crippen molar-refractivity contribution in [1.82, 2.24) is 0 Å². The van der Waals surface area contributed by atoms with Gasteiger partial charge in [-0.2, -0.15) is 0 Å². The molecular formula is C11H15N. The van der Waals surface area contributed by atoms with Crippen LogP contribution in [0.5, 0.6) is 0 Å². The zero-order valence-corrected chi connectivity index (χ0v) is 7.91. The van der Waals surface area contributed by atoms with Crippen molar-refractivity contribution in [3.8, 4) is 0 Å². The van der Waals surface area contributed by atoms with Crippen molar-refractivity contribution in [3.63, 3.8) is 0 Å². The fourth-order valence-corrected chi connectivity index (χ4v) is 0.866. The van der Waals surface area contributed by atoms with Crippen LogP contribution in [0.4, 0.5) is 5.69 Å². The van der Waals surface area contributed by atoms with E-state index < -0.39 is 0 Å². The first-order valence-corrected chi connectivity index (χ1v) is 4.29. The first-order valence-electron chi connectivity index (χ1n) is 4.29. The summed E-state index contributed by atoms with van der Waals surface area (Å²) in [5.41, 5.74) is 2.31. The van der Waals surface area contributed by atoms with Gasteiger partial charge >= 0.3 is 0 Å². The molecule has 1 aromatic carbocycles. The van der Waals surface area contributed by atoms with E-state index in [1.807, 2.05) is 18.3 Å². The fraction of sp³-hybridized carbons (Fsp3) is 0.364. The van der Waals surface area contributed by atoms with Crippen LogP contribution in [0.1, 0.15) is 19.4 Å². The van der Waals surface area contributed by atoms with Gasteiger partial charge in [0.05, 0.1) is 5.69 Å². The molecule has 0 amide bonds. The molecule has 12 heavy (non-hydrogen) atoms. The highest BCUT2D eigenvalue weighted by molar-refractivity contribution is 5.64. The normalized spacial score (nSPS) is 11.3. The summed E-state index contributed by atoms with van der Waals surface area (Å²) in [4.78, 5) is 4.32. The maximum atomic E-state index is 4.32. The molecule has 0 atom stereocenters. The van der Waals surface area contributed by atoms with Gasteiger partial charge in [-0.15, -0.1) is 0 Å². The van der Waals surface area contributed by atoms with Gasteiger partial charge in [0.25, 0.3) is 0 Å². The standard InChI is InChI=1S/C11H15N/c1-9(2)8-12-11-6-4-10(3)5-7-11/h4-9H,1-3H3. The maximum absolute atomic E-state index is 4.32. The molecule has 0 bridgehead atoms. The zero-order chi connectivity index (χ0) is 8.97. The van der Waals surface area contributed by atoms with Gasteiger partial charge in [-0.25, -0.2) is 0 Å². The maximum Gasteiger partial charge on any atom is 0.0626 e. The number of hydrogen-bond acceptors (Lipinski definition) is 1. The molecule has 0 radical (unpaired) electrons. The lowest BCUT2D eigenvalue weighted by Gasteiger charge is -1.95. The molecule has 64 valence electrons. The summed E-state index contributed by atoms with van der Waals surface area (Å²) in [6, 6.07) is 8.22. The summed E-state index contributed by atoms with van der Waals surface area (Å²) in [7, 11) is 0. The number of rotatable bonds is 2. The van der Waals surface area contributed by atoms with E-state index in [1.54, 1.807) is 0 Å². The highest BCUT2D eigenvalue weighted by atomic mass is 14.7. The molecule has 0 fully saturated rings. The van der Waals surface area contributed by atoms with Gasteiger partial charge in [0.2, 0.25) is 0 Å². The molecule has 0 aliphatic rings. The van der Waals surface area contributed by atoms with Crippen molar-refractivity contribution in [3.05, 3.63) is 29.8 Å². The van der Waals surface area contributed by atoms with E-state index in [0.29, 0.717) is 5.92 Å². The molecule has 0 spiro atoms. The number of aryl methyl sites for hydroxylation is 1. The largest absolute Gasteiger partial charge is 0.261 e. The zero-order valence-electron chi connectivity index (χ0n) is 7.91. The van der Waals surface area contributed by atoms with Gasteiger partial charge in [-0.3, -0.25) is 4.99 Å². The third-order valence-electron chi connectivity index (χ3n) is 1.56. The van der Waals surface area contributed by atoms with Gasteiger partial charge in [-0.1, -0.05) is 31.5 Å². The average molecular weight is 161 g/mol. The van der Waals surface area contributed by atoms with E-state index in [0.717, 1.165) is 5.69 Å². The Morgan fingerprint density at radius 2 is 1.75 bits per heavy atom. The molecule has 0 unspecified atom stereocenters. The van der Waals surface area contributed by atoms with Crippen LogP contribution in [-0.2, 0) is 0 Å². The van der Waals surface area contributed by atoms with Gasteiger partial charge in [0.1, 0.15) is 0 Å². The molecule has 0 aliphatic heterocycles. The first-order chi connectivity index (χ1) is 5.68. The fourth-order valence-electron chi connectivity index (χ4n) is 0.866. The summed E-state index contributed by atoms with van der Waals surface area (Å²) >= 11 is 0. The van der Waals surface area contributed by atoms with Crippen LogP contribution in [0.15, 0.2) is 29.3 Å². The van der Waals surface area contributed by atoms with E-state index in [4.69, 9.17) is 0 Å². The highest BCUT2D eigenvalue weighted by Gasteiger charge is 1.88. The molecule has 1 rings (SSSR count). The van der Waals surface area contributed by atoms with Crippen molar-refractivity contribution in [2.24, 2.45) is 10.9 Å². The predicted molar refractivity (Wildman–Crippen MR) is 54.2 cm³/mol. The van der Waals surface area contributed by atoms with Gasteiger partial charge in [-0.05, 0) is 25.0 Å². The van der Waals surface area contributed by atoms with Gasteiger partial charge < -0.3 is 0 Å². The Balaban J connectivity index is 2.71. The lowest BCUT2D eigenvalue weighted by atomic mass is 10.2. The van der Waals surface area contributed by atoms with Crippen LogP contribution in [0.2, 0.25) is 0 Å². The summed E-state index contributed by atoms with van der Waals surface area (Å²) in [5, 5.41) is 0. The summed E-state index contributed by atoms with van der Waals surface area (Å²) in [6.07, 6.45) is 1.96. The molecule has 0 saturated carbocycles. The van der Waals surface area contributed by atoms with E-state index in [1.165, 1.54) is 5.56 Å². The molecule has 0 heterocycles. The van der Waals surface area contributed by atoms with Crippen molar-refractivity contribution in [1.29, 1.82) is 0 Å². The van der Waals surface area contributed by atoms with Crippen molar-refractivity contribution >= 4 is 11.9 Å². The molecule has 0 aliphatic carbocycles. The van der Waals surface area contributed by atoms with Crippen LogP contribution in [0, 0.1) is 12.8 Å². The molecule has 1 heteroatoms. The molecule has 0 saturated heterocycles. The third-order valence-corrected chi connectivity index (χ3v) is 1.56. The summed E-state index contributed by atoms with van der Waals surface area (Å²) < 4.78 is 0. The second-order valence-corrected chi connectivity index (χ2v) is 3.36. The topological polar surface area (TPSA) is 12.4 Å². The average Bonchev–Trinajstić information content (AvgIpc) is 2.03. The van der Waals surface area contributed by atoms with Crippen LogP contribution in [0.25, 0.3) is 0 Å². The Labute approximate surface area is 74.2 Å². The summed E-state index contributed by atoms with van der Waals surface area (Å²) in [6.45, 7) is 6.32. The van der Waals surface area contributed by atoms with Crippen LogP contribution in [0.3, 0.4) is 0 Å². The molecule has 1 nitrogen and oxygen atoms in total. The smallest absolute Gasteiger partial charge is 0.0626 e. The number of aliphatic imine (C=N–C) groups is 1. The van der Waals surface area contributed by atoms with E-state index >= 15 is 0 Å². The van der Waals surface area contributed by atoms with Crippen molar-refractivity contribution in [2.75, 3.05) is 0 Å². The van der Waals surface area contributed by atoms with Crippen LogP contribution in [-0.4, -0.2) is 6.21 Å². The van der Waals surface area contributed by atoms with E-state index in [-0.39, 0.29) is 0 Å². The van der Waals surface area contributed by atoms with Crippen LogP contribution < -0.4 is 0 Å². The third kappa shape index (κ3) is 2.87. The van der Waals surface area contributed by atoms with Gasteiger partial charge in [0, 0.05) is 6.21 Å². The van der Waals surface area contributed by atoms with Gasteiger partial charge in [0.15, 0.2) is 0 Å². The Morgan fingerprint density at radius 3 is 2.25 bits per heavy atom. The number of hydrogen-bond donors (Lipinski definition) is 0. The minimum atomic E-state index is 0.520. The molecule has 0 N–H and O–H groups in total. The quantitative estimate of drug-likeness (QED) is 0.590. The van der Waals surface area contributed by atoms with Crippen LogP contribution >= 0.6 is 0 Å². The van der Waals surface area contributed by atoms with E-state index in [2.05, 4.69) is 37.9 Å². The Morgan fingerprint density at radius 1 is 1.17 bits per heavy atom.